The van der Waals surface area contributed by atoms with Crippen molar-refractivity contribution in [2.24, 2.45) is 5.92 Å². The minimum Gasteiger partial charge on any atom is -0.478 e. The Balaban J connectivity index is 1.87. The van der Waals surface area contributed by atoms with Gasteiger partial charge in [-0.25, -0.2) is 9.59 Å². The van der Waals surface area contributed by atoms with Crippen molar-refractivity contribution < 1.29 is 14.7 Å². The summed E-state index contributed by atoms with van der Waals surface area (Å²) in [6.45, 7) is 0.673. The first-order valence-electron chi connectivity index (χ1n) is 6.64. The number of carboxylic acid groups (broad SMARTS) is 1. The molecular formula is C14H17ClN2O3. The van der Waals surface area contributed by atoms with Crippen molar-refractivity contribution in [2.45, 2.75) is 25.7 Å². The lowest BCUT2D eigenvalue weighted by Gasteiger charge is -2.12. The Morgan fingerprint density at radius 1 is 1.30 bits per heavy atom. The van der Waals surface area contributed by atoms with Crippen molar-refractivity contribution in [2.75, 3.05) is 11.9 Å². The molecule has 0 saturated heterocycles. The third-order valence-electron chi connectivity index (χ3n) is 3.48. The number of benzene rings is 1. The van der Waals surface area contributed by atoms with E-state index in [-0.39, 0.29) is 16.6 Å². The first kappa shape index (κ1) is 14.7. The third-order valence-corrected chi connectivity index (χ3v) is 3.80. The maximum absolute atomic E-state index is 11.7. The molecule has 2 amide bonds. The van der Waals surface area contributed by atoms with Crippen LogP contribution in [0.5, 0.6) is 0 Å². The van der Waals surface area contributed by atoms with Gasteiger partial charge in [-0.2, -0.15) is 0 Å². The fourth-order valence-corrected chi connectivity index (χ4v) is 2.65. The fraction of sp³-hybridized carbons (Fsp3) is 0.429. The lowest BCUT2D eigenvalue weighted by atomic mass is 10.1. The zero-order chi connectivity index (χ0) is 14.5. The molecule has 1 saturated carbocycles. The van der Waals surface area contributed by atoms with Gasteiger partial charge in [0.05, 0.1) is 10.6 Å². The van der Waals surface area contributed by atoms with Gasteiger partial charge in [-0.3, -0.25) is 0 Å². The van der Waals surface area contributed by atoms with Crippen LogP contribution < -0.4 is 10.6 Å². The van der Waals surface area contributed by atoms with E-state index in [1.54, 1.807) is 0 Å². The number of urea groups is 1. The summed E-state index contributed by atoms with van der Waals surface area (Å²) in [7, 11) is 0. The Kier molecular flexibility index (Phi) is 4.84. The molecule has 0 heterocycles. The van der Waals surface area contributed by atoms with E-state index in [0.29, 0.717) is 18.2 Å². The summed E-state index contributed by atoms with van der Waals surface area (Å²) in [5.74, 6) is -0.522. The second kappa shape index (κ2) is 6.61. The van der Waals surface area contributed by atoms with E-state index in [4.69, 9.17) is 16.7 Å². The second-order valence-electron chi connectivity index (χ2n) is 4.99. The van der Waals surface area contributed by atoms with Gasteiger partial charge < -0.3 is 15.7 Å². The first-order chi connectivity index (χ1) is 9.56. The molecule has 0 spiro atoms. The Morgan fingerprint density at radius 2 is 2.00 bits per heavy atom. The van der Waals surface area contributed by atoms with Crippen LogP contribution in [-0.4, -0.2) is 23.7 Å². The molecule has 5 nitrogen and oxygen atoms in total. The first-order valence-corrected chi connectivity index (χ1v) is 7.02. The van der Waals surface area contributed by atoms with Crippen LogP contribution >= 0.6 is 11.6 Å². The van der Waals surface area contributed by atoms with Crippen LogP contribution in [0.4, 0.5) is 10.5 Å². The molecule has 6 heteroatoms. The number of hydrogen-bond acceptors (Lipinski definition) is 2. The molecule has 0 unspecified atom stereocenters. The van der Waals surface area contributed by atoms with Gasteiger partial charge in [0.1, 0.15) is 0 Å². The summed E-state index contributed by atoms with van der Waals surface area (Å²) in [6.07, 6.45) is 4.80. The molecule has 3 N–H and O–H groups in total. The van der Waals surface area contributed by atoms with E-state index in [2.05, 4.69) is 10.6 Å². The lowest BCUT2D eigenvalue weighted by molar-refractivity contribution is 0.0697. The Hall–Kier alpha value is -1.75. The highest BCUT2D eigenvalue weighted by Crippen LogP contribution is 2.24. The number of hydrogen-bond donors (Lipinski definition) is 3. The van der Waals surface area contributed by atoms with E-state index in [9.17, 15) is 9.59 Å². The Bertz CT molecular complexity index is 513. The molecule has 20 heavy (non-hydrogen) atoms. The molecule has 0 atom stereocenters. The molecule has 1 aromatic rings. The summed E-state index contributed by atoms with van der Waals surface area (Å²) >= 11 is 5.84. The highest BCUT2D eigenvalue weighted by molar-refractivity contribution is 6.33. The van der Waals surface area contributed by atoms with Crippen molar-refractivity contribution >= 4 is 29.3 Å². The number of anilines is 1. The predicted molar refractivity (Wildman–Crippen MR) is 77.4 cm³/mol. The van der Waals surface area contributed by atoms with E-state index < -0.39 is 5.97 Å². The molecule has 2 rings (SSSR count). The number of rotatable bonds is 4. The highest BCUT2D eigenvalue weighted by Gasteiger charge is 2.16. The Labute approximate surface area is 122 Å². The fourth-order valence-electron chi connectivity index (χ4n) is 2.39. The van der Waals surface area contributed by atoms with Crippen LogP contribution in [0.3, 0.4) is 0 Å². The van der Waals surface area contributed by atoms with Gasteiger partial charge in [0.2, 0.25) is 0 Å². The zero-order valence-corrected chi connectivity index (χ0v) is 11.7. The van der Waals surface area contributed by atoms with Crippen molar-refractivity contribution in [1.82, 2.24) is 5.32 Å². The SMILES string of the molecule is O=C(NCC1CCCC1)Nc1ccc(C(=O)O)c(Cl)c1. The van der Waals surface area contributed by atoms with Gasteiger partial charge >= 0.3 is 12.0 Å². The van der Waals surface area contributed by atoms with Gasteiger partial charge in [-0.15, -0.1) is 0 Å². The topological polar surface area (TPSA) is 78.4 Å². The summed E-state index contributed by atoms with van der Waals surface area (Å²) in [6, 6.07) is 4.03. The van der Waals surface area contributed by atoms with Gasteiger partial charge in [0.15, 0.2) is 0 Å². The number of aromatic carboxylic acids is 1. The van der Waals surface area contributed by atoms with Crippen LogP contribution in [0.25, 0.3) is 0 Å². The lowest BCUT2D eigenvalue weighted by Crippen LogP contribution is -2.32. The van der Waals surface area contributed by atoms with Crippen molar-refractivity contribution in [1.29, 1.82) is 0 Å². The quantitative estimate of drug-likeness (QED) is 0.797. The molecule has 0 aliphatic heterocycles. The number of carboxylic acids is 1. The van der Waals surface area contributed by atoms with Crippen LogP contribution in [0, 0.1) is 5.92 Å². The summed E-state index contributed by atoms with van der Waals surface area (Å²) in [5.41, 5.74) is 0.493. The van der Waals surface area contributed by atoms with Crippen LogP contribution in [-0.2, 0) is 0 Å². The van der Waals surface area contributed by atoms with E-state index >= 15 is 0 Å². The third kappa shape index (κ3) is 3.87. The average molecular weight is 297 g/mol. The minimum atomic E-state index is -1.09. The second-order valence-corrected chi connectivity index (χ2v) is 5.39. The number of carbonyl (C=O) groups excluding carboxylic acids is 1. The molecule has 0 aromatic heterocycles. The maximum atomic E-state index is 11.7. The Morgan fingerprint density at radius 3 is 2.60 bits per heavy atom. The van der Waals surface area contributed by atoms with Crippen LogP contribution in [0.1, 0.15) is 36.0 Å². The molecule has 108 valence electrons. The van der Waals surface area contributed by atoms with Gasteiger partial charge in [0, 0.05) is 12.2 Å². The zero-order valence-electron chi connectivity index (χ0n) is 11.0. The molecule has 1 aliphatic carbocycles. The normalized spacial score (nSPS) is 15.1. The monoisotopic (exact) mass is 296 g/mol. The number of amides is 2. The largest absolute Gasteiger partial charge is 0.478 e. The molecule has 0 radical (unpaired) electrons. The molecule has 1 aliphatic rings. The van der Waals surface area contributed by atoms with E-state index in [0.717, 1.165) is 0 Å². The number of nitrogens with one attached hydrogen (secondary N) is 2. The predicted octanol–water partition coefficient (Wildman–Crippen LogP) is 3.35. The molecule has 0 bridgehead atoms. The van der Waals surface area contributed by atoms with E-state index in [1.165, 1.54) is 43.9 Å². The highest BCUT2D eigenvalue weighted by atomic mass is 35.5. The summed E-state index contributed by atoms with van der Waals surface area (Å²) in [5, 5.41) is 14.4. The standard InChI is InChI=1S/C14H17ClN2O3/c15-12-7-10(5-6-11(12)13(18)19)17-14(20)16-8-9-3-1-2-4-9/h5-7,9H,1-4,8H2,(H,18,19)(H2,16,17,20). The maximum Gasteiger partial charge on any atom is 0.337 e. The van der Waals surface area contributed by atoms with Gasteiger partial charge in [0.25, 0.3) is 0 Å². The number of carbonyl (C=O) groups is 2. The van der Waals surface area contributed by atoms with Gasteiger partial charge in [-0.1, -0.05) is 24.4 Å². The minimum absolute atomic E-state index is 0.0172. The van der Waals surface area contributed by atoms with Crippen molar-refractivity contribution in [3.05, 3.63) is 28.8 Å². The number of halogens is 1. The van der Waals surface area contributed by atoms with Gasteiger partial charge in [-0.05, 0) is 37.0 Å². The van der Waals surface area contributed by atoms with E-state index in [1.807, 2.05) is 0 Å². The molecule has 1 fully saturated rings. The molecular weight excluding hydrogens is 280 g/mol. The smallest absolute Gasteiger partial charge is 0.337 e. The van der Waals surface area contributed by atoms with Crippen LogP contribution in [0.15, 0.2) is 18.2 Å². The molecule has 1 aromatic carbocycles. The van der Waals surface area contributed by atoms with Crippen molar-refractivity contribution in [3.63, 3.8) is 0 Å². The summed E-state index contributed by atoms with van der Waals surface area (Å²) in [4.78, 5) is 22.5. The van der Waals surface area contributed by atoms with Crippen LogP contribution in [0.2, 0.25) is 5.02 Å². The summed E-state index contributed by atoms with van der Waals surface area (Å²) < 4.78 is 0. The average Bonchev–Trinajstić information content (AvgIpc) is 2.89. The van der Waals surface area contributed by atoms with Crippen molar-refractivity contribution in [3.8, 4) is 0 Å².